The Kier molecular flexibility index (Phi) is 4.47. The van der Waals surface area contributed by atoms with E-state index in [1.54, 1.807) is 42.5 Å². The van der Waals surface area contributed by atoms with E-state index in [1.807, 2.05) is 0 Å². The van der Waals surface area contributed by atoms with Gasteiger partial charge in [-0.2, -0.15) is 5.10 Å². The van der Waals surface area contributed by atoms with Crippen LogP contribution in [0.1, 0.15) is 16.1 Å². The largest absolute Gasteiger partial charge is 0.456 e. The predicted molar refractivity (Wildman–Crippen MR) is 94.8 cm³/mol. The van der Waals surface area contributed by atoms with E-state index in [2.05, 4.69) is 5.10 Å². The molecule has 0 amide bonds. The lowest BCUT2D eigenvalue weighted by atomic mass is 10.1. The molecular formula is C19H16N2O6. The van der Waals surface area contributed by atoms with E-state index in [9.17, 15) is 9.59 Å². The van der Waals surface area contributed by atoms with Crippen LogP contribution < -0.4 is 15.0 Å². The molecule has 138 valence electrons. The number of hydrogen-bond donors (Lipinski definition) is 1. The average Bonchev–Trinajstić information content (AvgIpc) is 3.16. The lowest BCUT2D eigenvalue weighted by molar-refractivity contribution is 0.0464. The van der Waals surface area contributed by atoms with Crippen LogP contribution in [0.4, 0.5) is 0 Å². The molecule has 2 heterocycles. The Hall–Kier alpha value is -3.39. The van der Waals surface area contributed by atoms with Gasteiger partial charge in [0.15, 0.2) is 17.2 Å². The minimum absolute atomic E-state index is 0.00783. The van der Waals surface area contributed by atoms with Crippen molar-refractivity contribution >= 4 is 16.7 Å². The molecule has 0 bridgehead atoms. The normalized spacial score (nSPS) is 12.3. The summed E-state index contributed by atoms with van der Waals surface area (Å²) in [6.07, 6.45) is 0. The van der Waals surface area contributed by atoms with E-state index in [-0.39, 0.29) is 37.8 Å². The maximum atomic E-state index is 12.6. The first kappa shape index (κ1) is 17.0. The molecule has 0 unspecified atom stereocenters. The van der Waals surface area contributed by atoms with Crippen LogP contribution in [0.3, 0.4) is 0 Å². The van der Waals surface area contributed by atoms with Crippen molar-refractivity contribution in [1.29, 1.82) is 0 Å². The van der Waals surface area contributed by atoms with E-state index in [0.29, 0.717) is 22.3 Å². The van der Waals surface area contributed by atoms with E-state index in [4.69, 9.17) is 19.3 Å². The number of hydrogen-bond acceptors (Lipinski definition) is 7. The first-order valence-corrected chi connectivity index (χ1v) is 8.34. The molecule has 8 heteroatoms. The Balaban J connectivity index is 1.62. The smallest absolute Gasteiger partial charge is 0.359 e. The lowest BCUT2D eigenvalue weighted by Crippen LogP contribution is -2.27. The third-order valence-corrected chi connectivity index (χ3v) is 4.18. The zero-order chi connectivity index (χ0) is 18.8. The van der Waals surface area contributed by atoms with Gasteiger partial charge in [-0.15, -0.1) is 0 Å². The number of aliphatic hydroxyl groups is 1. The van der Waals surface area contributed by atoms with E-state index in [0.717, 1.165) is 10.2 Å². The van der Waals surface area contributed by atoms with Crippen LogP contribution in [0, 0.1) is 0 Å². The number of carbonyl (C=O) groups excluding carboxylic acids is 1. The number of esters is 1. The lowest BCUT2D eigenvalue weighted by Gasteiger charge is -2.10. The Bertz CT molecular complexity index is 1080. The molecule has 0 atom stereocenters. The molecule has 0 radical (unpaired) electrons. The van der Waals surface area contributed by atoms with Gasteiger partial charge in [0.05, 0.1) is 18.5 Å². The summed E-state index contributed by atoms with van der Waals surface area (Å²) in [5.74, 6) is 0.591. The number of aliphatic hydroxyl groups excluding tert-OH is 1. The maximum absolute atomic E-state index is 12.6. The van der Waals surface area contributed by atoms with Gasteiger partial charge in [0.2, 0.25) is 6.79 Å². The molecule has 1 aliphatic heterocycles. The first-order chi connectivity index (χ1) is 13.2. The second-order valence-electron chi connectivity index (χ2n) is 5.91. The summed E-state index contributed by atoms with van der Waals surface area (Å²) in [4.78, 5) is 25.0. The topological polar surface area (TPSA) is 99.9 Å². The molecule has 3 aromatic rings. The molecule has 0 fully saturated rings. The van der Waals surface area contributed by atoms with Gasteiger partial charge in [-0.05, 0) is 23.8 Å². The molecule has 0 saturated heterocycles. The molecule has 1 aliphatic rings. The molecular weight excluding hydrogens is 352 g/mol. The minimum Gasteiger partial charge on any atom is -0.456 e. The summed E-state index contributed by atoms with van der Waals surface area (Å²) in [6, 6.07) is 11.9. The maximum Gasteiger partial charge on any atom is 0.359 e. The van der Waals surface area contributed by atoms with E-state index < -0.39 is 5.97 Å². The Labute approximate surface area is 153 Å². The second kappa shape index (κ2) is 7.08. The fourth-order valence-corrected chi connectivity index (χ4v) is 2.88. The number of benzene rings is 2. The van der Waals surface area contributed by atoms with Gasteiger partial charge in [-0.1, -0.05) is 24.3 Å². The molecule has 27 heavy (non-hydrogen) atoms. The van der Waals surface area contributed by atoms with Crippen molar-refractivity contribution in [2.75, 3.05) is 13.4 Å². The van der Waals surface area contributed by atoms with Gasteiger partial charge in [0.25, 0.3) is 5.56 Å². The zero-order valence-corrected chi connectivity index (χ0v) is 14.3. The Morgan fingerprint density at radius 1 is 1.15 bits per heavy atom. The van der Waals surface area contributed by atoms with Crippen molar-refractivity contribution in [1.82, 2.24) is 9.78 Å². The fraction of sp³-hybridized carbons (Fsp3) is 0.211. The monoisotopic (exact) mass is 368 g/mol. The number of fused-ring (bicyclic) bond motifs is 2. The fourth-order valence-electron chi connectivity index (χ4n) is 2.88. The number of carbonyl (C=O) groups is 1. The molecule has 4 rings (SSSR count). The molecule has 2 aromatic carbocycles. The van der Waals surface area contributed by atoms with Gasteiger partial charge in [-0.3, -0.25) is 4.79 Å². The van der Waals surface area contributed by atoms with Crippen LogP contribution >= 0.6 is 0 Å². The van der Waals surface area contributed by atoms with Gasteiger partial charge >= 0.3 is 5.97 Å². The van der Waals surface area contributed by atoms with Crippen molar-refractivity contribution in [2.24, 2.45) is 0 Å². The first-order valence-electron chi connectivity index (χ1n) is 8.34. The van der Waals surface area contributed by atoms with Crippen LogP contribution in [0.5, 0.6) is 11.5 Å². The third-order valence-electron chi connectivity index (χ3n) is 4.18. The van der Waals surface area contributed by atoms with Crippen LogP contribution in [0.15, 0.2) is 47.3 Å². The second-order valence-corrected chi connectivity index (χ2v) is 5.91. The standard InChI is InChI=1S/C19H16N2O6/c22-8-7-21-18(23)14-4-2-1-3-13(14)17(20-21)19(24)25-10-12-5-6-15-16(9-12)27-11-26-15/h1-6,9,22H,7-8,10-11H2. The summed E-state index contributed by atoms with van der Waals surface area (Å²) in [7, 11) is 0. The molecule has 0 saturated carbocycles. The summed E-state index contributed by atoms with van der Waals surface area (Å²) in [5, 5.41) is 14.0. The summed E-state index contributed by atoms with van der Waals surface area (Å²) in [5.41, 5.74) is 0.395. The van der Waals surface area contributed by atoms with Crippen molar-refractivity contribution < 1.29 is 24.1 Å². The number of rotatable bonds is 5. The highest BCUT2D eigenvalue weighted by molar-refractivity contribution is 6.02. The van der Waals surface area contributed by atoms with Crippen molar-refractivity contribution in [3.63, 3.8) is 0 Å². The van der Waals surface area contributed by atoms with E-state index >= 15 is 0 Å². The van der Waals surface area contributed by atoms with Crippen molar-refractivity contribution in [2.45, 2.75) is 13.2 Å². The molecule has 1 N–H and O–H groups in total. The number of nitrogens with zero attached hydrogens (tertiary/aromatic N) is 2. The third kappa shape index (κ3) is 3.22. The van der Waals surface area contributed by atoms with Crippen LogP contribution in [0.25, 0.3) is 10.8 Å². The number of ether oxygens (including phenoxy) is 3. The van der Waals surface area contributed by atoms with Gasteiger partial charge in [0, 0.05) is 5.39 Å². The molecule has 0 aliphatic carbocycles. The SMILES string of the molecule is O=C(OCc1ccc2c(c1)OCO2)c1nn(CCO)c(=O)c2ccccc12. The highest BCUT2D eigenvalue weighted by atomic mass is 16.7. The van der Waals surface area contributed by atoms with Crippen LogP contribution in [0.2, 0.25) is 0 Å². The average molecular weight is 368 g/mol. The molecule has 8 nitrogen and oxygen atoms in total. The highest BCUT2D eigenvalue weighted by Gasteiger charge is 2.19. The minimum atomic E-state index is -0.657. The highest BCUT2D eigenvalue weighted by Crippen LogP contribution is 2.32. The van der Waals surface area contributed by atoms with Crippen LogP contribution in [-0.2, 0) is 17.9 Å². The van der Waals surface area contributed by atoms with Crippen molar-refractivity contribution in [3.05, 3.63) is 64.1 Å². The zero-order valence-electron chi connectivity index (χ0n) is 14.3. The van der Waals surface area contributed by atoms with Gasteiger partial charge in [-0.25, -0.2) is 9.48 Å². The molecule has 1 aromatic heterocycles. The summed E-state index contributed by atoms with van der Waals surface area (Å²) in [6.45, 7) is -0.0888. The summed E-state index contributed by atoms with van der Waals surface area (Å²) >= 11 is 0. The predicted octanol–water partition coefficient (Wildman–Crippen LogP) is 1.47. The van der Waals surface area contributed by atoms with Gasteiger partial charge < -0.3 is 19.3 Å². The quantitative estimate of drug-likeness (QED) is 0.681. The van der Waals surface area contributed by atoms with E-state index in [1.165, 1.54) is 0 Å². The van der Waals surface area contributed by atoms with Crippen molar-refractivity contribution in [3.8, 4) is 11.5 Å². The number of aromatic nitrogens is 2. The Morgan fingerprint density at radius 3 is 2.74 bits per heavy atom. The van der Waals surface area contributed by atoms with Gasteiger partial charge in [0.1, 0.15) is 6.61 Å². The summed E-state index contributed by atoms with van der Waals surface area (Å²) < 4.78 is 17.0. The Morgan fingerprint density at radius 2 is 1.93 bits per heavy atom. The van der Waals surface area contributed by atoms with Crippen LogP contribution in [-0.4, -0.2) is 34.3 Å². The molecule has 0 spiro atoms.